The number of nitrogens with zero attached hydrogens (tertiary/aromatic N) is 3. The van der Waals surface area contributed by atoms with Crippen LogP contribution in [0.15, 0.2) is 30.5 Å². The molecule has 3 aliphatic rings. The molecule has 3 aliphatic heterocycles. The van der Waals surface area contributed by atoms with Crippen molar-refractivity contribution in [3.05, 3.63) is 53.0 Å². The Labute approximate surface area is 189 Å². The number of piperidine rings is 1. The summed E-state index contributed by atoms with van der Waals surface area (Å²) in [4.78, 5) is 44.6. The largest absolute Gasteiger partial charge is 0.320 e. The second-order valence-corrected chi connectivity index (χ2v) is 8.91. The zero-order valence-electron chi connectivity index (χ0n) is 18.2. The standard InChI is InChI=1S/C24H24F2N4O3/c1-13-21-17(24(33)30(13)19-4-5-20(31)28-23(19)32)3-2-16(22(21)26)18-10-14(6-8-27-18)11-29-9-7-15(25)12-29/h2-3,6,8,10,13,15,19H,4-5,7,9,11-12H2,1H3,(H,28,31,32)/t13-,15+,19?/m1/s1. The predicted molar refractivity (Wildman–Crippen MR) is 115 cm³/mol. The average molecular weight is 454 g/mol. The number of carbonyl (C=O) groups is 3. The van der Waals surface area contributed by atoms with Crippen LogP contribution in [0.1, 0.15) is 53.7 Å². The highest BCUT2D eigenvalue weighted by atomic mass is 19.1. The van der Waals surface area contributed by atoms with Crippen LogP contribution in [0.25, 0.3) is 11.3 Å². The van der Waals surface area contributed by atoms with Crippen molar-refractivity contribution in [2.75, 3.05) is 13.1 Å². The molecule has 7 nitrogen and oxygen atoms in total. The first kappa shape index (κ1) is 21.6. The molecule has 3 atom stereocenters. The molecule has 3 amide bonds. The summed E-state index contributed by atoms with van der Waals surface area (Å²) in [7, 11) is 0. The Bertz CT molecular complexity index is 1150. The predicted octanol–water partition coefficient (Wildman–Crippen LogP) is 2.75. The van der Waals surface area contributed by atoms with Crippen molar-refractivity contribution in [1.29, 1.82) is 0 Å². The van der Waals surface area contributed by atoms with Crippen LogP contribution in [0, 0.1) is 5.82 Å². The lowest BCUT2D eigenvalue weighted by atomic mass is 9.98. The molecule has 1 N–H and O–H groups in total. The molecule has 172 valence electrons. The molecule has 2 fully saturated rings. The van der Waals surface area contributed by atoms with Crippen LogP contribution in [0.2, 0.25) is 0 Å². The van der Waals surface area contributed by atoms with Gasteiger partial charge in [0, 0.05) is 48.9 Å². The van der Waals surface area contributed by atoms with Gasteiger partial charge >= 0.3 is 0 Å². The second-order valence-electron chi connectivity index (χ2n) is 8.91. The highest BCUT2D eigenvalue weighted by molar-refractivity contribution is 6.06. The quantitative estimate of drug-likeness (QED) is 0.719. The van der Waals surface area contributed by atoms with Gasteiger partial charge in [0.05, 0.1) is 11.7 Å². The van der Waals surface area contributed by atoms with Gasteiger partial charge in [0.1, 0.15) is 18.0 Å². The van der Waals surface area contributed by atoms with E-state index in [1.165, 1.54) is 11.0 Å². The average Bonchev–Trinajstić information content (AvgIpc) is 3.29. The molecule has 2 saturated heterocycles. The first-order valence-corrected chi connectivity index (χ1v) is 11.1. The number of imide groups is 1. The normalized spacial score (nSPS) is 25.5. The second kappa shape index (κ2) is 8.30. The Hall–Kier alpha value is -3.20. The van der Waals surface area contributed by atoms with Gasteiger partial charge in [0.15, 0.2) is 0 Å². The number of hydrogen-bond acceptors (Lipinski definition) is 5. The van der Waals surface area contributed by atoms with Crippen molar-refractivity contribution in [3.8, 4) is 11.3 Å². The summed E-state index contributed by atoms with van der Waals surface area (Å²) in [5.41, 5.74) is 2.06. The van der Waals surface area contributed by atoms with Gasteiger partial charge in [-0.1, -0.05) is 0 Å². The molecule has 1 unspecified atom stereocenters. The molecular weight excluding hydrogens is 430 g/mol. The molecule has 9 heteroatoms. The third-order valence-corrected chi connectivity index (χ3v) is 6.75. The summed E-state index contributed by atoms with van der Waals surface area (Å²) in [6.07, 6.45) is 1.65. The van der Waals surface area contributed by atoms with Crippen LogP contribution in [0.3, 0.4) is 0 Å². The van der Waals surface area contributed by atoms with Crippen molar-refractivity contribution in [3.63, 3.8) is 0 Å². The summed E-state index contributed by atoms with van der Waals surface area (Å²) < 4.78 is 29.2. The third-order valence-electron chi connectivity index (χ3n) is 6.75. The monoisotopic (exact) mass is 454 g/mol. The molecule has 1 aromatic carbocycles. The van der Waals surface area contributed by atoms with Crippen molar-refractivity contribution >= 4 is 17.7 Å². The highest BCUT2D eigenvalue weighted by Crippen LogP contribution is 2.40. The summed E-state index contributed by atoms with van der Waals surface area (Å²) in [6.45, 7) is 3.31. The van der Waals surface area contributed by atoms with E-state index in [1.54, 1.807) is 25.3 Å². The topological polar surface area (TPSA) is 82.6 Å². The number of halogens is 2. The molecule has 0 radical (unpaired) electrons. The smallest absolute Gasteiger partial charge is 0.255 e. The van der Waals surface area contributed by atoms with E-state index >= 15 is 4.39 Å². The van der Waals surface area contributed by atoms with E-state index in [9.17, 15) is 18.8 Å². The van der Waals surface area contributed by atoms with Crippen LogP contribution in [0.5, 0.6) is 0 Å². The van der Waals surface area contributed by atoms with E-state index in [4.69, 9.17) is 0 Å². The maximum atomic E-state index is 15.7. The molecule has 0 aliphatic carbocycles. The van der Waals surface area contributed by atoms with Gasteiger partial charge in [-0.05, 0) is 49.6 Å². The van der Waals surface area contributed by atoms with Gasteiger partial charge in [-0.3, -0.25) is 29.6 Å². The number of nitrogens with one attached hydrogen (secondary N) is 1. The Kier molecular flexibility index (Phi) is 5.44. The maximum Gasteiger partial charge on any atom is 0.255 e. The van der Waals surface area contributed by atoms with E-state index in [1.807, 2.05) is 11.0 Å². The number of amides is 3. The number of alkyl halides is 1. The van der Waals surface area contributed by atoms with Crippen LogP contribution >= 0.6 is 0 Å². The number of rotatable bonds is 4. The SMILES string of the molecule is C[C@@H]1c2c(ccc(-c3cc(CN4CC[C@H](F)C4)ccn3)c2F)C(=O)N1C1CCC(=O)NC1=O. The first-order valence-electron chi connectivity index (χ1n) is 11.1. The summed E-state index contributed by atoms with van der Waals surface area (Å²) in [6, 6.07) is 5.24. The molecule has 0 bridgehead atoms. The lowest BCUT2D eigenvalue weighted by molar-refractivity contribution is -0.137. The maximum absolute atomic E-state index is 15.7. The molecule has 2 aromatic rings. The summed E-state index contributed by atoms with van der Waals surface area (Å²) in [5, 5.41) is 2.26. The van der Waals surface area contributed by atoms with E-state index in [0.717, 1.165) is 5.56 Å². The molecule has 5 rings (SSSR count). The molecular formula is C24H24F2N4O3. The highest BCUT2D eigenvalue weighted by Gasteiger charge is 2.44. The zero-order chi connectivity index (χ0) is 23.3. The number of benzene rings is 1. The number of fused-ring (bicyclic) bond motifs is 1. The number of pyridine rings is 1. The Morgan fingerprint density at radius 1 is 1.15 bits per heavy atom. The van der Waals surface area contributed by atoms with Gasteiger partial charge < -0.3 is 4.90 Å². The van der Waals surface area contributed by atoms with Crippen LogP contribution in [-0.2, 0) is 16.1 Å². The Balaban J connectivity index is 1.44. The third kappa shape index (κ3) is 3.80. The number of aromatic nitrogens is 1. The minimum absolute atomic E-state index is 0.133. The molecule has 33 heavy (non-hydrogen) atoms. The fourth-order valence-electron chi connectivity index (χ4n) is 5.11. The van der Waals surface area contributed by atoms with Crippen LogP contribution < -0.4 is 5.32 Å². The first-order chi connectivity index (χ1) is 15.8. The van der Waals surface area contributed by atoms with Gasteiger partial charge in [0.2, 0.25) is 11.8 Å². The Morgan fingerprint density at radius 3 is 2.67 bits per heavy atom. The number of carbonyl (C=O) groups excluding carboxylic acids is 3. The number of hydrogen-bond donors (Lipinski definition) is 1. The number of likely N-dealkylation sites (tertiary alicyclic amines) is 1. The van der Waals surface area contributed by atoms with Crippen LogP contribution in [0.4, 0.5) is 8.78 Å². The molecule has 1 aromatic heterocycles. The van der Waals surface area contributed by atoms with Gasteiger partial charge in [-0.25, -0.2) is 8.78 Å². The fraction of sp³-hybridized carbons (Fsp3) is 0.417. The minimum Gasteiger partial charge on any atom is -0.320 e. The van der Waals surface area contributed by atoms with E-state index in [2.05, 4.69) is 10.3 Å². The summed E-state index contributed by atoms with van der Waals surface area (Å²) in [5.74, 6) is -1.87. The van der Waals surface area contributed by atoms with Crippen LogP contribution in [-0.4, -0.2) is 57.8 Å². The molecule has 0 saturated carbocycles. The lowest BCUT2D eigenvalue weighted by Gasteiger charge is -2.32. The van der Waals surface area contributed by atoms with E-state index in [-0.39, 0.29) is 35.4 Å². The van der Waals surface area contributed by atoms with E-state index in [0.29, 0.717) is 31.7 Å². The van der Waals surface area contributed by atoms with E-state index < -0.39 is 35.9 Å². The van der Waals surface area contributed by atoms with Gasteiger partial charge in [0.25, 0.3) is 5.91 Å². The minimum atomic E-state index is -0.818. The van der Waals surface area contributed by atoms with Crippen molar-refractivity contribution < 1.29 is 23.2 Å². The van der Waals surface area contributed by atoms with Gasteiger partial charge in [-0.2, -0.15) is 0 Å². The lowest BCUT2D eigenvalue weighted by Crippen LogP contribution is -2.53. The zero-order valence-corrected chi connectivity index (χ0v) is 18.2. The molecule has 0 spiro atoms. The molecule has 4 heterocycles. The van der Waals surface area contributed by atoms with Crippen molar-refractivity contribution in [2.45, 2.75) is 51.0 Å². The fourth-order valence-corrected chi connectivity index (χ4v) is 5.11. The van der Waals surface area contributed by atoms with Crippen molar-refractivity contribution in [2.24, 2.45) is 0 Å². The summed E-state index contributed by atoms with van der Waals surface area (Å²) >= 11 is 0. The van der Waals surface area contributed by atoms with Crippen molar-refractivity contribution in [1.82, 2.24) is 20.1 Å². The van der Waals surface area contributed by atoms with Gasteiger partial charge in [-0.15, -0.1) is 0 Å². The Morgan fingerprint density at radius 2 is 1.94 bits per heavy atom.